The predicted octanol–water partition coefficient (Wildman–Crippen LogP) is 0.211. The molecule has 0 atom stereocenters. The van der Waals surface area contributed by atoms with Crippen LogP contribution in [0.5, 0.6) is 0 Å². The summed E-state index contributed by atoms with van der Waals surface area (Å²) in [4.78, 5) is 10.3. The lowest BCUT2D eigenvalue weighted by Gasteiger charge is -2.11. The highest BCUT2D eigenvalue weighted by Gasteiger charge is 2.07. The largest absolute Gasteiger partial charge is 0.376 e. The van der Waals surface area contributed by atoms with E-state index in [9.17, 15) is 0 Å². The van der Waals surface area contributed by atoms with Crippen LogP contribution in [-0.2, 0) is 0 Å². The molecule has 5 heteroatoms. The van der Waals surface area contributed by atoms with Crippen LogP contribution in [-0.4, -0.2) is 28.7 Å². The summed E-state index contributed by atoms with van der Waals surface area (Å²) in [5.41, 5.74) is 2.55. The van der Waals surface area contributed by atoms with Gasteiger partial charge in [-0.05, 0) is 6.07 Å². The van der Waals surface area contributed by atoms with Crippen LogP contribution in [0.2, 0.25) is 0 Å². The first-order chi connectivity index (χ1) is 6.20. The zero-order valence-electron chi connectivity index (χ0n) is 7.60. The fraction of sp³-hybridized carbons (Fsp3) is 0.250. The molecule has 0 saturated heterocycles. The van der Waals surface area contributed by atoms with Gasteiger partial charge in [0.25, 0.3) is 0 Å². The Kier molecular flexibility index (Phi) is 1.58. The van der Waals surface area contributed by atoms with Crippen LogP contribution in [0.4, 0.5) is 5.69 Å². The minimum atomic E-state index is 0.700. The molecule has 0 amide bonds. The highest BCUT2D eigenvalue weighted by atomic mass is 15.3. The second-order valence-corrected chi connectivity index (χ2v) is 3.05. The van der Waals surface area contributed by atoms with E-state index in [4.69, 9.17) is 5.84 Å². The number of imidazole rings is 1. The lowest BCUT2D eigenvalue weighted by molar-refractivity contribution is 1.01. The number of hydrogen-bond acceptors (Lipinski definition) is 4. The van der Waals surface area contributed by atoms with Gasteiger partial charge in [-0.3, -0.25) is 0 Å². The maximum atomic E-state index is 5.62. The van der Waals surface area contributed by atoms with E-state index < -0.39 is 0 Å². The molecule has 13 heavy (non-hydrogen) atoms. The normalized spacial score (nSPS) is 10.6. The molecule has 0 aromatic carbocycles. The van der Waals surface area contributed by atoms with Crippen molar-refractivity contribution in [3.8, 4) is 0 Å². The molecular weight excluding hydrogens is 166 g/mol. The van der Waals surface area contributed by atoms with Gasteiger partial charge >= 0.3 is 0 Å². The molecule has 0 bridgehead atoms. The lowest BCUT2D eigenvalue weighted by Crippen LogP contribution is -2.10. The fourth-order valence-corrected chi connectivity index (χ4v) is 1.28. The molecule has 0 aliphatic carbocycles. The Balaban J connectivity index is 2.77. The van der Waals surface area contributed by atoms with Crippen LogP contribution < -0.4 is 10.7 Å². The minimum Gasteiger partial charge on any atom is -0.376 e. The van der Waals surface area contributed by atoms with E-state index in [0.29, 0.717) is 5.65 Å². The molecule has 68 valence electrons. The molecule has 0 aliphatic rings. The zero-order chi connectivity index (χ0) is 9.42. The second kappa shape index (κ2) is 2.62. The fourth-order valence-electron chi connectivity index (χ4n) is 1.28. The molecule has 0 saturated carbocycles. The molecule has 0 fully saturated rings. The summed E-state index contributed by atoms with van der Waals surface area (Å²) in [6, 6.07) is 1.91. The summed E-state index contributed by atoms with van der Waals surface area (Å²) in [7, 11) is 3.93. The van der Waals surface area contributed by atoms with Gasteiger partial charge in [0.1, 0.15) is 11.8 Å². The summed E-state index contributed by atoms with van der Waals surface area (Å²) in [5, 5.41) is 0. The number of anilines is 1. The maximum absolute atomic E-state index is 5.62. The first kappa shape index (κ1) is 7.85. The van der Waals surface area contributed by atoms with Crippen LogP contribution in [0, 0.1) is 0 Å². The number of rotatable bonds is 1. The van der Waals surface area contributed by atoms with E-state index in [1.54, 1.807) is 12.5 Å². The third-order valence-electron chi connectivity index (χ3n) is 1.92. The van der Waals surface area contributed by atoms with E-state index in [0.717, 1.165) is 11.2 Å². The van der Waals surface area contributed by atoms with Crippen LogP contribution in [0.1, 0.15) is 0 Å². The third-order valence-corrected chi connectivity index (χ3v) is 1.92. The van der Waals surface area contributed by atoms with Crippen molar-refractivity contribution in [3.05, 3.63) is 18.6 Å². The third kappa shape index (κ3) is 1.09. The smallest absolute Gasteiger partial charge is 0.180 e. The summed E-state index contributed by atoms with van der Waals surface area (Å²) >= 11 is 0. The van der Waals surface area contributed by atoms with Crippen LogP contribution in [0.25, 0.3) is 11.2 Å². The monoisotopic (exact) mass is 177 g/mol. The number of nitrogen functional groups attached to an aromatic ring is 1. The highest BCUT2D eigenvalue weighted by Crippen LogP contribution is 2.20. The van der Waals surface area contributed by atoms with E-state index in [1.807, 2.05) is 25.1 Å². The van der Waals surface area contributed by atoms with Gasteiger partial charge in [-0.25, -0.2) is 14.6 Å². The summed E-state index contributed by atoms with van der Waals surface area (Å²) in [6.07, 6.45) is 3.29. The maximum Gasteiger partial charge on any atom is 0.180 e. The number of hydrogen-bond donors (Lipinski definition) is 1. The van der Waals surface area contributed by atoms with Crippen molar-refractivity contribution >= 4 is 16.9 Å². The Morgan fingerprint density at radius 1 is 1.38 bits per heavy atom. The van der Waals surface area contributed by atoms with Crippen LogP contribution in [0.3, 0.4) is 0 Å². The molecule has 2 aromatic heterocycles. The van der Waals surface area contributed by atoms with Gasteiger partial charge in [0, 0.05) is 20.3 Å². The van der Waals surface area contributed by atoms with E-state index >= 15 is 0 Å². The summed E-state index contributed by atoms with van der Waals surface area (Å²) < 4.78 is 1.42. The number of nitrogens with two attached hydrogens (primary N) is 1. The quantitative estimate of drug-likeness (QED) is 0.633. The predicted molar refractivity (Wildman–Crippen MR) is 52.0 cm³/mol. The Labute approximate surface area is 75.8 Å². The van der Waals surface area contributed by atoms with Crippen molar-refractivity contribution in [1.29, 1.82) is 0 Å². The molecule has 0 radical (unpaired) electrons. The van der Waals surface area contributed by atoms with Crippen molar-refractivity contribution in [3.63, 3.8) is 0 Å². The van der Waals surface area contributed by atoms with Crippen molar-refractivity contribution < 1.29 is 0 Å². The van der Waals surface area contributed by atoms with Gasteiger partial charge in [-0.15, -0.1) is 0 Å². The van der Waals surface area contributed by atoms with E-state index in [1.165, 1.54) is 4.68 Å². The number of nitrogens with zero attached hydrogens (tertiary/aromatic N) is 4. The summed E-state index contributed by atoms with van der Waals surface area (Å²) in [6.45, 7) is 0. The van der Waals surface area contributed by atoms with Gasteiger partial charge in [-0.1, -0.05) is 0 Å². The van der Waals surface area contributed by atoms with E-state index in [2.05, 4.69) is 9.97 Å². The Hall–Kier alpha value is -1.78. The second-order valence-electron chi connectivity index (χ2n) is 3.05. The van der Waals surface area contributed by atoms with Gasteiger partial charge in [0.15, 0.2) is 5.65 Å². The molecule has 2 N–H and O–H groups in total. The molecule has 2 heterocycles. The van der Waals surface area contributed by atoms with Crippen LogP contribution in [0.15, 0.2) is 18.6 Å². The average molecular weight is 177 g/mol. The Morgan fingerprint density at radius 2 is 2.15 bits per heavy atom. The summed E-state index contributed by atoms with van der Waals surface area (Å²) in [5.74, 6) is 5.62. The SMILES string of the molecule is CN(C)c1ccnc2c1ncn2N. The molecule has 5 nitrogen and oxygen atoms in total. The Morgan fingerprint density at radius 3 is 2.85 bits per heavy atom. The zero-order valence-corrected chi connectivity index (χ0v) is 7.60. The molecule has 0 aliphatic heterocycles. The van der Waals surface area contributed by atoms with Crippen molar-refractivity contribution in [2.75, 3.05) is 24.8 Å². The molecular formula is C8H11N5. The van der Waals surface area contributed by atoms with Gasteiger partial charge in [0.2, 0.25) is 0 Å². The Bertz CT molecular complexity index is 431. The molecule has 0 spiro atoms. The molecule has 2 rings (SSSR count). The highest BCUT2D eigenvalue weighted by molar-refractivity contribution is 5.85. The number of aromatic nitrogens is 3. The van der Waals surface area contributed by atoms with Crippen LogP contribution >= 0.6 is 0 Å². The molecule has 2 aromatic rings. The van der Waals surface area contributed by atoms with Gasteiger partial charge in [0.05, 0.1) is 5.69 Å². The van der Waals surface area contributed by atoms with Crippen molar-refractivity contribution in [2.24, 2.45) is 0 Å². The topological polar surface area (TPSA) is 60.0 Å². The van der Waals surface area contributed by atoms with Gasteiger partial charge in [-0.2, -0.15) is 0 Å². The van der Waals surface area contributed by atoms with Gasteiger partial charge < -0.3 is 10.7 Å². The van der Waals surface area contributed by atoms with Crippen molar-refractivity contribution in [1.82, 2.24) is 14.6 Å². The van der Waals surface area contributed by atoms with Crippen molar-refractivity contribution in [2.45, 2.75) is 0 Å². The first-order valence-electron chi connectivity index (χ1n) is 3.94. The minimum absolute atomic E-state index is 0.700. The molecule has 0 unspecified atom stereocenters. The first-order valence-corrected chi connectivity index (χ1v) is 3.94. The lowest BCUT2D eigenvalue weighted by atomic mass is 10.3. The van der Waals surface area contributed by atoms with E-state index in [-0.39, 0.29) is 0 Å². The standard InChI is InChI=1S/C8H11N5/c1-12(2)6-3-4-10-8-7(6)11-5-13(8)9/h3-5H,9H2,1-2H3. The average Bonchev–Trinajstić information content (AvgIpc) is 2.48. The number of pyridine rings is 1. The number of fused-ring (bicyclic) bond motifs is 1.